The van der Waals surface area contributed by atoms with E-state index in [1.807, 2.05) is 0 Å². The molecular formula is C16H23NO4. The highest BCUT2D eigenvalue weighted by Crippen LogP contribution is 2.28. The summed E-state index contributed by atoms with van der Waals surface area (Å²) in [6.07, 6.45) is 3.84. The second-order valence-corrected chi connectivity index (χ2v) is 5.31. The third-order valence-electron chi connectivity index (χ3n) is 3.70. The fourth-order valence-corrected chi connectivity index (χ4v) is 2.59. The van der Waals surface area contributed by atoms with E-state index in [9.17, 15) is 4.79 Å². The molecule has 5 nitrogen and oxygen atoms in total. The van der Waals surface area contributed by atoms with E-state index in [4.69, 9.17) is 14.6 Å². The first-order valence-electron chi connectivity index (χ1n) is 7.43. The van der Waals surface area contributed by atoms with Crippen LogP contribution in [0.15, 0.2) is 18.2 Å². The molecule has 1 aromatic rings. The topological polar surface area (TPSA) is 59.0 Å². The third kappa shape index (κ3) is 4.93. The quantitative estimate of drug-likeness (QED) is 0.835. The van der Waals surface area contributed by atoms with Gasteiger partial charge in [0.25, 0.3) is 0 Å². The van der Waals surface area contributed by atoms with Gasteiger partial charge in [0.2, 0.25) is 0 Å². The maximum atomic E-state index is 10.8. The van der Waals surface area contributed by atoms with Crippen LogP contribution in [0.2, 0.25) is 0 Å². The van der Waals surface area contributed by atoms with E-state index in [2.05, 4.69) is 4.90 Å². The number of ether oxygens (including phenoxy) is 2. The van der Waals surface area contributed by atoms with Gasteiger partial charge in [-0.2, -0.15) is 0 Å². The number of hydrogen-bond acceptors (Lipinski definition) is 4. The van der Waals surface area contributed by atoms with Crippen LogP contribution in [-0.4, -0.2) is 49.3 Å². The maximum absolute atomic E-state index is 10.8. The number of methoxy groups -OCH3 is 1. The Bertz CT molecular complexity index is 469. The molecule has 1 heterocycles. The van der Waals surface area contributed by atoms with E-state index in [1.54, 1.807) is 25.3 Å². The van der Waals surface area contributed by atoms with Crippen LogP contribution >= 0.6 is 0 Å². The first-order valence-corrected chi connectivity index (χ1v) is 7.43. The van der Waals surface area contributed by atoms with E-state index in [-0.39, 0.29) is 6.42 Å². The lowest BCUT2D eigenvalue weighted by atomic mass is 10.1. The fraction of sp³-hybridized carbons (Fsp3) is 0.562. The van der Waals surface area contributed by atoms with Crippen LogP contribution in [0.5, 0.6) is 11.5 Å². The van der Waals surface area contributed by atoms with Gasteiger partial charge in [-0.3, -0.25) is 9.69 Å². The lowest BCUT2D eigenvalue weighted by Gasteiger charge is -2.26. The van der Waals surface area contributed by atoms with Crippen LogP contribution in [0.3, 0.4) is 0 Å². The molecule has 0 aliphatic carbocycles. The van der Waals surface area contributed by atoms with Gasteiger partial charge < -0.3 is 14.6 Å². The van der Waals surface area contributed by atoms with Crippen molar-refractivity contribution in [1.82, 2.24) is 4.90 Å². The van der Waals surface area contributed by atoms with E-state index in [0.717, 1.165) is 25.2 Å². The molecule has 0 aromatic heterocycles. The second kappa shape index (κ2) is 7.88. The minimum atomic E-state index is -0.848. The highest BCUT2D eigenvalue weighted by atomic mass is 16.5. The number of carbonyl (C=O) groups is 1. The first-order chi connectivity index (χ1) is 10.2. The molecule has 116 valence electrons. The van der Waals surface area contributed by atoms with Gasteiger partial charge in [-0.25, -0.2) is 0 Å². The normalized spacial score (nSPS) is 15.7. The lowest BCUT2D eigenvalue weighted by molar-refractivity contribution is -0.136. The molecule has 5 heteroatoms. The Hall–Kier alpha value is -1.75. The summed E-state index contributed by atoms with van der Waals surface area (Å²) in [7, 11) is 1.59. The number of carboxylic acids is 1. The number of likely N-dealkylation sites (tertiary alicyclic amines) is 1. The van der Waals surface area contributed by atoms with E-state index < -0.39 is 5.97 Å². The van der Waals surface area contributed by atoms with Gasteiger partial charge in [-0.05, 0) is 43.6 Å². The Labute approximate surface area is 125 Å². The Morgan fingerprint density at radius 3 is 2.67 bits per heavy atom. The van der Waals surface area contributed by atoms with Crippen molar-refractivity contribution in [1.29, 1.82) is 0 Å². The lowest BCUT2D eigenvalue weighted by Crippen LogP contribution is -2.33. The SMILES string of the molecule is COc1ccc(CC(=O)O)cc1OCCN1CCCCC1. The van der Waals surface area contributed by atoms with Gasteiger partial charge in [0.1, 0.15) is 6.61 Å². The molecule has 21 heavy (non-hydrogen) atoms. The monoisotopic (exact) mass is 293 g/mol. The number of nitrogens with zero attached hydrogens (tertiary/aromatic N) is 1. The van der Waals surface area contributed by atoms with Crippen molar-refractivity contribution < 1.29 is 19.4 Å². The van der Waals surface area contributed by atoms with Crippen molar-refractivity contribution in [2.75, 3.05) is 33.4 Å². The number of benzene rings is 1. The summed E-state index contributed by atoms with van der Waals surface area (Å²) in [5, 5.41) is 8.85. The average molecular weight is 293 g/mol. The summed E-state index contributed by atoms with van der Waals surface area (Å²) < 4.78 is 11.1. The number of aliphatic carboxylic acids is 1. The molecule has 1 aliphatic rings. The Morgan fingerprint density at radius 2 is 2.00 bits per heavy atom. The van der Waals surface area contributed by atoms with Crippen molar-refractivity contribution in [2.45, 2.75) is 25.7 Å². The molecule has 0 spiro atoms. The molecule has 0 saturated carbocycles. The molecule has 0 bridgehead atoms. The minimum Gasteiger partial charge on any atom is -0.493 e. The van der Waals surface area contributed by atoms with E-state index >= 15 is 0 Å². The van der Waals surface area contributed by atoms with Gasteiger partial charge >= 0.3 is 5.97 Å². The molecule has 0 amide bonds. The van der Waals surface area contributed by atoms with Crippen LogP contribution in [-0.2, 0) is 11.2 Å². The standard InChI is InChI=1S/C16H23NO4/c1-20-14-6-5-13(12-16(18)19)11-15(14)21-10-9-17-7-3-2-4-8-17/h5-6,11H,2-4,7-10,12H2,1H3,(H,18,19). The van der Waals surface area contributed by atoms with Crippen LogP contribution in [0, 0.1) is 0 Å². The molecule has 0 atom stereocenters. The molecular weight excluding hydrogens is 270 g/mol. The van der Waals surface area contributed by atoms with Crippen molar-refractivity contribution in [3.8, 4) is 11.5 Å². The van der Waals surface area contributed by atoms with Crippen LogP contribution in [0.4, 0.5) is 0 Å². The predicted molar refractivity (Wildman–Crippen MR) is 80.1 cm³/mol. The van der Waals surface area contributed by atoms with Gasteiger partial charge in [-0.15, -0.1) is 0 Å². The summed E-state index contributed by atoms with van der Waals surface area (Å²) >= 11 is 0. The molecule has 1 aliphatic heterocycles. The summed E-state index contributed by atoms with van der Waals surface area (Å²) in [6, 6.07) is 5.27. The number of rotatable bonds is 7. The van der Waals surface area contributed by atoms with Crippen molar-refractivity contribution in [2.24, 2.45) is 0 Å². The van der Waals surface area contributed by atoms with Gasteiger partial charge in [0.15, 0.2) is 11.5 Å². The van der Waals surface area contributed by atoms with Crippen LogP contribution in [0.1, 0.15) is 24.8 Å². The van der Waals surface area contributed by atoms with Crippen LogP contribution in [0.25, 0.3) is 0 Å². The molecule has 0 radical (unpaired) electrons. The second-order valence-electron chi connectivity index (χ2n) is 5.31. The minimum absolute atomic E-state index is 0.00746. The zero-order valence-corrected chi connectivity index (χ0v) is 12.5. The molecule has 0 unspecified atom stereocenters. The third-order valence-corrected chi connectivity index (χ3v) is 3.70. The Balaban J connectivity index is 1.91. The van der Waals surface area contributed by atoms with Gasteiger partial charge in [0, 0.05) is 6.54 Å². The summed E-state index contributed by atoms with van der Waals surface area (Å²) in [4.78, 5) is 13.2. The summed E-state index contributed by atoms with van der Waals surface area (Å²) in [5.74, 6) is 0.412. The highest BCUT2D eigenvalue weighted by molar-refractivity contribution is 5.70. The fourth-order valence-electron chi connectivity index (χ4n) is 2.59. The maximum Gasteiger partial charge on any atom is 0.307 e. The number of carboxylic acid groups (broad SMARTS) is 1. The van der Waals surface area contributed by atoms with Crippen molar-refractivity contribution in [3.05, 3.63) is 23.8 Å². The molecule has 1 saturated heterocycles. The summed E-state index contributed by atoms with van der Waals surface area (Å²) in [5.41, 5.74) is 0.719. The number of hydrogen-bond donors (Lipinski definition) is 1. The predicted octanol–water partition coefficient (Wildman–Crippen LogP) is 2.19. The van der Waals surface area contributed by atoms with Gasteiger partial charge in [0.05, 0.1) is 13.5 Å². The average Bonchev–Trinajstić information content (AvgIpc) is 2.48. The molecule has 1 fully saturated rings. The highest BCUT2D eigenvalue weighted by Gasteiger charge is 2.11. The summed E-state index contributed by atoms with van der Waals surface area (Å²) in [6.45, 7) is 3.76. The van der Waals surface area contributed by atoms with Gasteiger partial charge in [-0.1, -0.05) is 12.5 Å². The smallest absolute Gasteiger partial charge is 0.307 e. The largest absolute Gasteiger partial charge is 0.493 e. The number of piperidine rings is 1. The van der Waals surface area contributed by atoms with Crippen molar-refractivity contribution in [3.63, 3.8) is 0 Å². The molecule has 1 N–H and O–H groups in total. The zero-order chi connectivity index (χ0) is 15.1. The first kappa shape index (κ1) is 15.6. The molecule has 2 rings (SSSR count). The Morgan fingerprint density at radius 1 is 1.24 bits per heavy atom. The zero-order valence-electron chi connectivity index (χ0n) is 12.5. The molecule has 1 aromatic carbocycles. The Kier molecular flexibility index (Phi) is 5.87. The van der Waals surface area contributed by atoms with E-state index in [0.29, 0.717) is 18.1 Å². The van der Waals surface area contributed by atoms with Crippen LogP contribution < -0.4 is 9.47 Å². The van der Waals surface area contributed by atoms with E-state index in [1.165, 1.54) is 19.3 Å². The van der Waals surface area contributed by atoms with Crippen molar-refractivity contribution >= 4 is 5.97 Å².